The highest BCUT2D eigenvalue weighted by Crippen LogP contribution is 2.43. The molecule has 2 unspecified atom stereocenters. The number of carboxylic acids is 1. The minimum atomic E-state index is -1.74. The van der Waals surface area contributed by atoms with E-state index in [-0.39, 0.29) is 5.04 Å². The van der Waals surface area contributed by atoms with Gasteiger partial charge in [0.1, 0.15) is 5.54 Å². The van der Waals surface area contributed by atoms with Crippen LogP contribution in [0.2, 0.25) is 18.1 Å². The standard InChI is InChI=1S/C15H29NO3Si/c1-14(2,3)20(4,5)19-11-12-7-9-15(13(17)18)8-6-10-16(12)15/h12H,6-11H2,1-5H3,(H,17,18). The highest BCUT2D eigenvalue weighted by atomic mass is 28.4. The molecular weight excluding hydrogens is 270 g/mol. The van der Waals surface area contributed by atoms with Crippen molar-refractivity contribution in [1.29, 1.82) is 0 Å². The second kappa shape index (κ2) is 5.11. The molecule has 0 spiro atoms. The van der Waals surface area contributed by atoms with E-state index in [0.717, 1.165) is 32.2 Å². The Morgan fingerprint density at radius 3 is 2.60 bits per heavy atom. The van der Waals surface area contributed by atoms with Gasteiger partial charge in [0.05, 0.1) is 0 Å². The third kappa shape index (κ3) is 2.55. The van der Waals surface area contributed by atoms with E-state index >= 15 is 0 Å². The van der Waals surface area contributed by atoms with Crippen molar-refractivity contribution in [1.82, 2.24) is 4.90 Å². The number of nitrogens with zero attached hydrogens (tertiary/aromatic N) is 1. The van der Waals surface area contributed by atoms with Crippen LogP contribution >= 0.6 is 0 Å². The molecular formula is C15H29NO3Si. The molecule has 2 aliphatic heterocycles. The van der Waals surface area contributed by atoms with Gasteiger partial charge in [0.15, 0.2) is 8.32 Å². The van der Waals surface area contributed by atoms with Gasteiger partial charge < -0.3 is 9.53 Å². The van der Waals surface area contributed by atoms with E-state index < -0.39 is 19.8 Å². The lowest BCUT2D eigenvalue weighted by Gasteiger charge is -2.38. The van der Waals surface area contributed by atoms with Crippen molar-refractivity contribution in [2.45, 2.75) is 76.2 Å². The lowest BCUT2D eigenvalue weighted by Crippen LogP contribution is -2.51. The number of carbonyl (C=O) groups is 1. The van der Waals surface area contributed by atoms with Gasteiger partial charge in [-0.2, -0.15) is 0 Å². The number of hydrogen-bond acceptors (Lipinski definition) is 3. The zero-order chi connectivity index (χ0) is 15.2. The topological polar surface area (TPSA) is 49.8 Å². The third-order valence-electron chi connectivity index (χ3n) is 5.71. The van der Waals surface area contributed by atoms with Crippen LogP contribution < -0.4 is 0 Å². The van der Waals surface area contributed by atoms with E-state index in [9.17, 15) is 9.90 Å². The van der Waals surface area contributed by atoms with Gasteiger partial charge in [0.2, 0.25) is 0 Å². The van der Waals surface area contributed by atoms with Crippen LogP contribution in [0.15, 0.2) is 0 Å². The molecule has 0 radical (unpaired) electrons. The Hall–Kier alpha value is -0.393. The quantitative estimate of drug-likeness (QED) is 0.811. The van der Waals surface area contributed by atoms with Crippen molar-refractivity contribution in [2.24, 2.45) is 0 Å². The number of rotatable bonds is 4. The Morgan fingerprint density at radius 1 is 1.40 bits per heavy atom. The Kier molecular flexibility index (Phi) is 4.08. The van der Waals surface area contributed by atoms with E-state index in [2.05, 4.69) is 38.8 Å². The van der Waals surface area contributed by atoms with Crippen LogP contribution in [-0.2, 0) is 9.22 Å². The summed E-state index contributed by atoms with van der Waals surface area (Å²) in [5.41, 5.74) is -0.582. The Balaban J connectivity index is 2.01. The van der Waals surface area contributed by atoms with Crippen LogP contribution in [0.4, 0.5) is 0 Å². The number of hydrogen-bond donors (Lipinski definition) is 1. The van der Waals surface area contributed by atoms with Gasteiger partial charge in [0.25, 0.3) is 0 Å². The van der Waals surface area contributed by atoms with E-state index in [4.69, 9.17) is 4.43 Å². The molecule has 2 fully saturated rings. The molecule has 2 aliphatic rings. The van der Waals surface area contributed by atoms with Crippen molar-refractivity contribution in [3.63, 3.8) is 0 Å². The molecule has 2 heterocycles. The van der Waals surface area contributed by atoms with Crippen LogP contribution in [0, 0.1) is 0 Å². The van der Waals surface area contributed by atoms with Crippen LogP contribution in [0.3, 0.4) is 0 Å². The van der Waals surface area contributed by atoms with E-state index in [1.807, 2.05) is 0 Å². The summed E-state index contributed by atoms with van der Waals surface area (Å²) in [5.74, 6) is -0.634. The van der Waals surface area contributed by atoms with Crippen molar-refractivity contribution in [3.05, 3.63) is 0 Å². The van der Waals surface area contributed by atoms with E-state index in [1.165, 1.54) is 0 Å². The van der Waals surface area contributed by atoms with Gasteiger partial charge in [-0.1, -0.05) is 20.8 Å². The summed E-state index contributed by atoms with van der Waals surface area (Å²) in [5, 5.41) is 9.78. The average molecular weight is 299 g/mol. The molecule has 1 N–H and O–H groups in total. The minimum absolute atomic E-state index is 0.209. The summed E-state index contributed by atoms with van der Waals surface area (Å²) in [6.07, 6.45) is 3.55. The molecule has 0 bridgehead atoms. The average Bonchev–Trinajstić information content (AvgIpc) is 2.84. The van der Waals surface area contributed by atoms with Gasteiger partial charge in [-0.15, -0.1) is 0 Å². The molecule has 0 amide bonds. The van der Waals surface area contributed by atoms with Crippen LogP contribution in [0.25, 0.3) is 0 Å². The Bertz CT molecular complexity index is 391. The lowest BCUT2D eigenvalue weighted by atomic mass is 9.94. The van der Waals surface area contributed by atoms with E-state index in [1.54, 1.807) is 0 Å². The normalized spacial score (nSPS) is 31.6. The van der Waals surface area contributed by atoms with Crippen molar-refractivity contribution in [2.75, 3.05) is 13.2 Å². The second-order valence-electron chi connectivity index (χ2n) is 7.90. The molecule has 2 rings (SSSR count). The van der Waals surface area contributed by atoms with Crippen molar-refractivity contribution >= 4 is 14.3 Å². The Morgan fingerprint density at radius 2 is 2.05 bits per heavy atom. The Labute approximate surface area is 123 Å². The first kappa shape index (κ1) is 16.0. The second-order valence-corrected chi connectivity index (χ2v) is 12.7. The molecule has 0 aromatic heterocycles. The highest BCUT2D eigenvalue weighted by Gasteiger charge is 2.54. The molecule has 20 heavy (non-hydrogen) atoms. The summed E-state index contributed by atoms with van der Waals surface area (Å²) in [4.78, 5) is 13.8. The van der Waals surface area contributed by atoms with E-state index in [0.29, 0.717) is 12.6 Å². The predicted octanol–water partition coefficient (Wildman–Crippen LogP) is 3.09. The zero-order valence-electron chi connectivity index (χ0n) is 13.5. The van der Waals surface area contributed by atoms with Gasteiger partial charge in [-0.3, -0.25) is 9.69 Å². The summed E-state index contributed by atoms with van der Waals surface area (Å²) >= 11 is 0. The first-order chi connectivity index (χ1) is 9.10. The van der Waals surface area contributed by atoms with Crippen LogP contribution in [0.5, 0.6) is 0 Å². The monoisotopic (exact) mass is 299 g/mol. The smallest absolute Gasteiger partial charge is 0.324 e. The largest absolute Gasteiger partial charge is 0.480 e. The zero-order valence-corrected chi connectivity index (χ0v) is 14.5. The fourth-order valence-electron chi connectivity index (χ4n) is 3.29. The number of carboxylic acid groups (broad SMARTS) is 1. The van der Waals surface area contributed by atoms with Crippen molar-refractivity contribution < 1.29 is 14.3 Å². The first-order valence-corrected chi connectivity index (χ1v) is 10.7. The number of aliphatic carboxylic acids is 1. The first-order valence-electron chi connectivity index (χ1n) is 7.74. The molecule has 2 atom stereocenters. The summed E-state index contributed by atoms with van der Waals surface area (Å²) in [7, 11) is -1.74. The molecule has 0 aromatic carbocycles. The molecule has 0 saturated carbocycles. The molecule has 116 valence electrons. The molecule has 5 heteroatoms. The van der Waals surface area contributed by atoms with Gasteiger partial charge >= 0.3 is 5.97 Å². The summed E-state index contributed by atoms with van der Waals surface area (Å²) in [6.45, 7) is 12.9. The maximum atomic E-state index is 11.6. The summed E-state index contributed by atoms with van der Waals surface area (Å²) in [6, 6.07) is 0.294. The SMILES string of the molecule is CC(C)(C)[Si](C)(C)OCC1CCC2(C(=O)O)CCCN12. The van der Waals surface area contributed by atoms with Crippen LogP contribution in [0.1, 0.15) is 46.5 Å². The molecule has 0 aromatic rings. The van der Waals surface area contributed by atoms with Crippen LogP contribution in [-0.4, -0.2) is 49.0 Å². The predicted molar refractivity (Wildman–Crippen MR) is 82.5 cm³/mol. The third-order valence-corrected chi connectivity index (χ3v) is 10.2. The fraction of sp³-hybridized carbons (Fsp3) is 0.933. The molecule has 0 aliphatic carbocycles. The van der Waals surface area contributed by atoms with Gasteiger partial charge in [-0.25, -0.2) is 0 Å². The van der Waals surface area contributed by atoms with Gasteiger partial charge in [0, 0.05) is 12.6 Å². The fourth-order valence-corrected chi connectivity index (χ4v) is 4.33. The van der Waals surface area contributed by atoms with Crippen molar-refractivity contribution in [3.8, 4) is 0 Å². The summed E-state index contributed by atoms with van der Waals surface area (Å²) < 4.78 is 6.32. The molecule has 2 saturated heterocycles. The highest BCUT2D eigenvalue weighted by molar-refractivity contribution is 6.74. The maximum absolute atomic E-state index is 11.6. The maximum Gasteiger partial charge on any atom is 0.324 e. The lowest BCUT2D eigenvalue weighted by molar-refractivity contribution is -0.148. The van der Waals surface area contributed by atoms with Gasteiger partial charge in [-0.05, 0) is 50.4 Å². The number of fused-ring (bicyclic) bond motifs is 1. The minimum Gasteiger partial charge on any atom is -0.480 e. The molecule has 4 nitrogen and oxygen atoms in total.